The van der Waals surface area contributed by atoms with Crippen LogP contribution in [-0.2, 0) is 15.1 Å². The van der Waals surface area contributed by atoms with Crippen LogP contribution in [0.5, 0.6) is 0 Å². The van der Waals surface area contributed by atoms with Crippen molar-refractivity contribution in [2.75, 3.05) is 4.90 Å². The van der Waals surface area contributed by atoms with Crippen molar-refractivity contribution in [2.24, 2.45) is 17.8 Å². The minimum Gasteiger partial charge on any atom is -0.296 e. The molecular weight excluding hydrogens is 523 g/mol. The van der Waals surface area contributed by atoms with Gasteiger partial charge < -0.3 is 0 Å². The Labute approximate surface area is 228 Å². The Morgan fingerprint density at radius 3 is 2.39 bits per heavy atom. The van der Waals surface area contributed by atoms with Gasteiger partial charge in [0.25, 0.3) is 5.56 Å². The Hall–Kier alpha value is -3.52. The van der Waals surface area contributed by atoms with Gasteiger partial charge in [0.15, 0.2) is 0 Å². The van der Waals surface area contributed by atoms with E-state index in [0.29, 0.717) is 22.4 Å². The number of hydrogen-bond acceptors (Lipinski definition) is 5. The van der Waals surface area contributed by atoms with Crippen LogP contribution in [0.3, 0.4) is 0 Å². The van der Waals surface area contributed by atoms with Crippen LogP contribution < -0.4 is 15.8 Å². The second-order valence-corrected chi connectivity index (χ2v) is 11.2. The smallest absolute Gasteiger partial charge is 0.266 e. The van der Waals surface area contributed by atoms with Gasteiger partial charge in [0, 0.05) is 11.6 Å². The van der Waals surface area contributed by atoms with E-state index in [2.05, 4.69) is 5.32 Å². The van der Waals surface area contributed by atoms with Gasteiger partial charge in [0.05, 0.1) is 44.2 Å². The fraction of sp³-hybridized carbons (Fsp3) is 0.241. The number of anilines is 1. The molecule has 0 unspecified atom stereocenters. The predicted octanol–water partition coefficient (Wildman–Crippen LogP) is 4.68. The monoisotopic (exact) mass is 544 g/mol. The molecule has 38 heavy (non-hydrogen) atoms. The highest BCUT2D eigenvalue weighted by Gasteiger charge is 2.70. The minimum absolute atomic E-state index is 0.00167. The Morgan fingerprint density at radius 1 is 0.895 bits per heavy atom. The Balaban J connectivity index is 1.54. The van der Waals surface area contributed by atoms with E-state index in [1.54, 1.807) is 41.0 Å². The standard InChI is InChI=1S/C29H22Cl2N4O3/c1-14(2)24-21-22(27(38)34(26(21)37)20-13-7-10-17(30)23(20)31)29(33-24)16-9-4-6-12-19(16)35-25(36)15-8-3-5-11-18(15)32-28(29)35/h3-14,21-22,24,33H,1-2H3/t21-,22-,24-,29+/m1/s1. The van der Waals surface area contributed by atoms with E-state index in [1.165, 1.54) is 4.90 Å². The summed E-state index contributed by atoms with van der Waals surface area (Å²) in [5.41, 5.74) is 0.795. The number of imide groups is 1. The quantitative estimate of drug-likeness (QED) is 0.370. The third-order valence-corrected chi connectivity index (χ3v) is 9.00. The fourth-order valence-corrected chi connectivity index (χ4v) is 7.01. The minimum atomic E-state index is -1.19. The molecule has 2 fully saturated rings. The van der Waals surface area contributed by atoms with Crippen LogP contribution in [0.1, 0.15) is 25.2 Å². The molecule has 1 spiro atoms. The number of nitrogens with one attached hydrogen (secondary N) is 1. The molecule has 3 aliphatic rings. The van der Waals surface area contributed by atoms with Crippen LogP contribution in [0.4, 0.5) is 5.69 Å². The Bertz CT molecular complexity index is 1770. The molecule has 7 nitrogen and oxygen atoms in total. The molecule has 4 atom stereocenters. The summed E-state index contributed by atoms with van der Waals surface area (Å²) in [5.74, 6) is -1.86. The molecule has 3 aliphatic heterocycles. The van der Waals surface area contributed by atoms with Crippen molar-refractivity contribution < 1.29 is 9.59 Å². The molecule has 4 aromatic rings. The average molecular weight is 545 g/mol. The zero-order chi connectivity index (χ0) is 26.5. The van der Waals surface area contributed by atoms with Gasteiger partial charge in [0.1, 0.15) is 11.4 Å². The molecule has 2 saturated heterocycles. The number of amides is 2. The van der Waals surface area contributed by atoms with Crippen LogP contribution in [0, 0.1) is 17.8 Å². The van der Waals surface area contributed by atoms with Crippen LogP contribution in [0.25, 0.3) is 16.6 Å². The first-order valence-corrected chi connectivity index (χ1v) is 13.2. The maximum absolute atomic E-state index is 14.4. The number of aromatic nitrogens is 2. The largest absolute Gasteiger partial charge is 0.296 e. The third kappa shape index (κ3) is 2.79. The molecule has 190 valence electrons. The maximum atomic E-state index is 14.4. The first-order chi connectivity index (χ1) is 18.3. The van der Waals surface area contributed by atoms with E-state index in [1.807, 2.05) is 44.2 Å². The summed E-state index contributed by atoms with van der Waals surface area (Å²) < 4.78 is 1.59. The molecule has 0 saturated carbocycles. The second kappa shape index (κ2) is 7.99. The summed E-state index contributed by atoms with van der Waals surface area (Å²) >= 11 is 12.8. The topological polar surface area (TPSA) is 84.3 Å². The molecule has 1 aromatic heterocycles. The number of para-hydroxylation sites is 2. The summed E-state index contributed by atoms with van der Waals surface area (Å²) in [6, 6.07) is 19.2. The van der Waals surface area contributed by atoms with Crippen LogP contribution >= 0.6 is 23.2 Å². The van der Waals surface area contributed by atoms with Gasteiger partial charge in [-0.1, -0.05) is 73.4 Å². The van der Waals surface area contributed by atoms with Crippen molar-refractivity contribution in [3.05, 3.63) is 98.5 Å². The van der Waals surface area contributed by atoms with Gasteiger partial charge in [-0.15, -0.1) is 0 Å². The van der Waals surface area contributed by atoms with E-state index in [0.717, 1.165) is 5.56 Å². The van der Waals surface area contributed by atoms with Gasteiger partial charge in [-0.3, -0.25) is 24.3 Å². The van der Waals surface area contributed by atoms with E-state index in [-0.39, 0.29) is 39.2 Å². The molecular formula is C29H22Cl2N4O3. The molecule has 4 heterocycles. The lowest BCUT2D eigenvalue weighted by Crippen LogP contribution is -2.51. The van der Waals surface area contributed by atoms with E-state index in [9.17, 15) is 14.4 Å². The molecule has 7 rings (SSSR count). The summed E-state index contributed by atoms with van der Waals surface area (Å²) in [4.78, 5) is 48.5. The lowest BCUT2D eigenvalue weighted by molar-refractivity contribution is -0.123. The fourth-order valence-electron chi connectivity index (χ4n) is 6.63. The van der Waals surface area contributed by atoms with Gasteiger partial charge in [-0.2, -0.15) is 0 Å². The SMILES string of the molecule is CC(C)[C@H]1N[C@@]2(c3ccccc3-n3c2nc2ccccc2c3=O)[C@H]2C(=O)N(c3cccc(Cl)c3Cl)C(=O)[C@@H]12. The normalized spacial score (nSPS) is 25.5. The van der Waals surface area contributed by atoms with Gasteiger partial charge >= 0.3 is 0 Å². The molecule has 0 bridgehead atoms. The van der Waals surface area contributed by atoms with E-state index in [4.69, 9.17) is 28.2 Å². The molecule has 1 N–H and O–H groups in total. The highest BCUT2D eigenvalue weighted by atomic mass is 35.5. The first kappa shape index (κ1) is 23.6. The predicted molar refractivity (Wildman–Crippen MR) is 146 cm³/mol. The van der Waals surface area contributed by atoms with Crippen molar-refractivity contribution in [3.63, 3.8) is 0 Å². The highest BCUT2D eigenvalue weighted by Crippen LogP contribution is 2.57. The summed E-state index contributed by atoms with van der Waals surface area (Å²) in [6.45, 7) is 4.03. The lowest BCUT2D eigenvalue weighted by Gasteiger charge is -2.32. The average Bonchev–Trinajstić information content (AvgIpc) is 3.50. The number of nitrogens with zero attached hydrogens (tertiary/aromatic N) is 3. The van der Waals surface area contributed by atoms with E-state index < -0.39 is 23.3 Å². The van der Waals surface area contributed by atoms with E-state index >= 15 is 0 Å². The Morgan fingerprint density at radius 2 is 1.61 bits per heavy atom. The third-order valence-electron chi connectivity index (χ3n) is 8.19. The van der Waals surface area contributed by atoms with Gasteiger partial charge in [-0.25, -0.2) is 9.88 Å². The zero-order valence-electron chi connectivity index (χ0n) is 20.5. The number of fused-ring (bicyclic) bond motifs is 8. The van der Waals surface area contributed by atoms with Crippen LogP contribution in [-0.4, -0.2) is 27.4 Å². The van der Waals surface area contributed by atoms with Crippen LogP contribution in [0.15, 0.2) is 71.5 Å². The molecule has 0 aliphatic carbocycles. The summed E-state index contributed by atoms with van der Waals surface area (Å²) in [7, 11) is 0. The molecule has 0 radical (unpaired) electrons. The summed E-state index contributed by atoms with van der Waals surface area (Å²) in [5, 5.41) is 4.57. The summed E-state index contributed by atoms with van der Waals surface area (Å²) in [6.07, 6.45) is 0. The Kier molecular flexibility index (Phi) is 4.96. The second-order valence-electron chi connectivity index (χ2n) is 10.4. The molecule has 3 aromatic carbocycles. The molecule has 9 heteroatoms. The highest BCUT2D eigenvalue weighted by molar-refractivity contribution is 6.45. The van der Waals surface area contributed by atoms with Crippen molar-refractivity contribution in [3.8, 4) is 5.69 Å². The molecule has 2 amide bonds. The van der Waals surface area contributed by atoms with Crippen molar-refractivity contribution >= 4 is 51.6 Å². The number of hydrogen-bond donors (Lipinski definition) is 1. The van der Waals surface area contributed by atoms with Crippen molar-refractivity contribution in [2.45, 2.75) is 25.4 Å². The lowest BCUT2D eigenvalue weighted by atomic mass is 9.75. The number of benzene rings is 3. The van der Waals surface area contributed by atoms with Gasteiger partial charge in [0.2, 0.25) is 11.8 Å². The number of rotatable bonds is 2. The maximum Gasteiger partial charge on any atom is 0.266 e. The van der Waals surface area contributed by atoms with Crippen LogP contribution in [0.2, 0.25) is 10.0 Å². The number of carbonyl (C=O) groups excluding carboxylic acids is 2. The number of carbonyl (C=O) groups is 2. The van der Waals surface area contributed by atoms with Gasteiger partial charge in [-0.05, 0) is 36.2 Å². The first-order valence-electron chi connectivity index (χ1n) is 12.5. The van der Waals surface area contributed by atoms with Crippen molar-refractivity contribution in [1.82, 2.24) is 14.9 Å². The van der Waals surface area contributed by atoms with Crippen molar-refractivity contribution in [1.29, 1.82) is 0 Å². The number of halogens is 2. The zero-order valence-corrected chi connectivity index (χ0v) is 22.0.